The summed E-state index contributed by atoms with van der Waals surface area (Å²) < 4.78 is 5.03. The Morgan fingerprint density at radius 3 is 2.03 bits per heavy atom. The summed E-state index contributed by atoms with van der Waals surface area (Å²) in [6.45, 7) is 12.3. The second-order valence-electron chi connectivity index (χ2n) is 11.5. The lowest BCUT2D eigenvalue weighted by molar-refractivity contribution is -0.146. The molecule has 0 saturated carbocycles. The van der Waals surface area contributed by atoms with Crippen molar-refractivity contribution in [1.82, 2.24) is 4.90 Å². The fourth-order valence-corrected chi connectivity index (χ4v) is 4.74. The number of carbonyl (C=O) groups is 2. The first-order valence-electron chi connectivity index (χ1n) is 12.1. The number of benzene rings is 2. The second kappa shape index (κ2) is 11.2. The molecule has 196 valence electrons. The van der Waals surface area contributed by atoms with Crippen LogP contribution < -0.4 is 0 Å². The maximum Gasteiger partial charge on any atom is 0.311 e. The summed E-state index contributed by atoms with van der Waals surface area (Å²) >= 11 is 0. The van der Waals surface area contributed by atoms with Gasteiger partial charge in [-0.2, -0.15) is 0 Å². The van der Waals surface area contributed by atoms with Gasteiger partial charge in [0.1, 0.15) is 11.6 Å². The van der Waals surface area contributed by atoms with Gasteiger partial charge in [0.2, 0.25) is 0 Å². The number of carbonyl (C=O) groups excluding carboxylic acids is 2. The zero-order valence-electron chi connectivity index (χ0n) is 22.3. The standard InChI is InChI=1S/C29H38N2O4.BrH/c1-28(2,3)22-14-19(15-23(25(22)33)29(4,5)6)24(32)17-31-16-21(27(34)35-7)20(26(31)30)13-18-11-9-8-10-12-18;/h8-12,14-15,20-21,30,33H,13,16-17H2,1-7H3;1H. The molecule has 0 amide bonds. The third kappa shape index (κ3) is 6.36. The quantitative estimate of drug-likeness (QED) is 0.351. The van der Waals surface area contributed by atoms with E-state index in [2.05, 4.69) is 0 Å². The van der Waals surface area contributed by atoms with E-state index >= 15 is 0 Å². The summed E-state index contributed by atoms with van der Waals surface area (Å²) in [6.07, 6.45) is 0.533. The van der Waals surface area contributed by atoms with E-state index < -0.39 is 5.92 Å². The first kappa shape index (κ1) is 29.6. The number of hydrogen-bond acceptors (Lipinski definition) is 5. The van der Waals surface area contributed by atoms with Gasteiger partial charge in [-0.1, -0.05) is 71.9 Å². The van der Waals surface area contributed by atoms with Crippen LogP contribution in [0, 0.1) is 17.2 Å². The number of hydrogen-bond donors (Lipinski definition) is 2. The largest absolute Gasteiger partial charge is 0.507 e. The number of ketones is 1. The lowest BCUT2D eigenvalue weighted by atomic mass is 9.78. The Labute approximate surface area is 225 Å². The number of halogens is 1. The van der Waals surface area contributed by atoms with Gasteiger partial charge in [-0.15, -0.1) is 17.0 Å². The molecule has 2 unspecified atom stereocenters. The molecule has 0 aromatic heterocycles. The number of phenolic OH excluding ortho intramolecular Hbond substituents is 1. The third-order valence-electron chi connectivity index (χ3n) is 6.78. The van der Waals surface area contributed by atoms with Crippen molar-refractivity contribution in [2.75, 3.05) is 20.2 Å². The molecule has 2 N–H and O–H groups in total. The first-order chi connectivity index (χ1) is 16.2. The molecular formula is C29H39BrN2O4. The molecule has 3 rings (SSSR count). The number of phenols is 1. The fourth-order valence-electron chi connectivity index (χ4n) is 4.74. The summed E-state index contributed by atoms with van der Waals surface area (Å²) in [7, 11) is 1.36. The predicted molar refractivity (Wildman–Crippen MR) is 149 cm³/mol. The van der Waals surface area contributed by atoms with Gasteiger partial charge in [0.05, 0.1) is 19.6 Å². The number of aromatic hydroxyl groups is 1. The highest BCUT2D eigenvalue weighted by atomic mass is 79.9. The number of nitrogens with one attached hydrogen (secondary N) is 1. The van der Waals surface area contributed by atoms with Crippen molar-refractivity contribution < 1.29 is 19.4 Å². The van der Waals surface area contributed by atoms with Crippen LogP contribution in [0.15, 0.2) is 42.5 Å². The number of amidine groups is 1. The lowest BCUT2D eigenvalue weighted by Crippen LogP contribution is -2.33. The van der Waals surface area contributed by atoms with E-state index in [4.69, 9.17) is 10.1 Å². The second-order valence-corrected chi connectivity index (χ2v) is 11.5. The van der Waals surface area contributed by atoms with Crippen LogP contribution in [0.3, 0.4) is 0 Å². The molecule has 2 aromatic rings. The summed E-state index contributed by atoms with van der Waals surface area (Å²) in [4.78, 5) is 27.7. The van der Waals surface area contributed by atoms with Gasteiger partial charge in [-0.3, -0.25) is 15.0 Å². The molecule has 0 bridgehead atoms. The van der Waals surface area contributed by atoms with Gasteiger partial charge in [-0.05, 0) is 34.9 Å². The smallest absolute Gasteiger partial charge is 0.311 e. The molecule has 1 aliphatic rings. The molecular weight excluding hydrogens is 520 g/mol. The Kier molecular flexibility index (Phi) is 9.16. The SMILES string of the molecule is Br.COC(=O)C1CN(CC(=O)c2cc(C(C)(C)C)c(O)c(C(C)(C)C)c2)C(=N)C1Cc1ccccc1. The van der Waals surface area contributed by atoms with Gasteiger partial charge < -0.3 is 14.7 Å². The van der Waals surface area contributed by atoms with E-state index in [1.165, 1.54) is 7.11 Å². The Morgan fingerprint density at radius 1 is 1.03 bits per heavy atom. The van der Waals surface area contributed by atoms with Crippen LogP contribution in [0.1, 0.15) is 68.6 Å². The Balaban J connectivity index is 0.00000456. The highest BCUT2D eigenvalue weighted by molar-refractivity contribution is 8.93. The van der Waals surface area contributed by atoms with Gasteiger partial charge in [0, 0.05) is 29.2 Å². The maximum absolute atomic E-state index is 13.5. The molecule has 1 aliphatic heterocycles. The van der Waals surface area contributed by atoms with E-state index in [1.54, 1.807) is 17.0 Å². The number of methoxy groups -OCH3 is 1. The summed E-state index contributed by atoms with van der Waals surface area (Å²) in [5.74, 6) is -0.856. The van der Waals surface area contributed by atoms with Crippen molar-refractivity contribution in [3.8, 4) is 5.75 Å². The number of rotatable bonds is 6. The Hall–Kier alpha value is -2.67. The Bertz CT molecular complexity index is 1080. The number of likely N-dealkylation sites (tertiary alicyclic amines) is 1. The first-order valence-corrected chi connectivity index (χ1v) is 12.1. The molecule has 7 heteroatoms. The van der Waals surface area contributed by atoms with Crippen LogP contribution in [0.25, 0.3) is 0 Å². The average molecular weight is 560 g/mol. The number of ether oxygens (including phenoxy) is 1. The van der Waals surface area contributed by atoms with Crippen molar-refractivity contribution in [2.24, 2.45) is 11.8 Å². The lowest BCUT2D eigenvalue weighted by Gasteiger charge is -2.28. The molecule has 0 radical (unpaired) electrons. The Morgan fingerprint density at radius 2 is 1.56 bits per heavy atom. The van der Waals surface area contributed by atoms with Crippen LogP contribution in [0.4, 0.5) is 0 Å². The molecule has 2 aromatic carbocycles. The van der Waals surface area contributed by atoms with Crippen molar-refractivity contribution in [3.05, 3.63) is 64.7 Å². The molecule has 36 heavy (non-hydrogen) atoms. The van der Waals surface area contributed by atoms with Crippen LogP contribution >= 0.6 is 17.0 Å². The van der Waals surface area contributed by atoms with Crippen molar-refractivity contribution in [2.45, 2.75) is 58.8 Å². The molecule has 0 aliphatic carbocycles. The normalized spacial score (nSPS) is 18.1. The van der Waals surface area contributed by atoms with E-state index in [1.807, 2.05) is 71.9 Å². The number of esters is 1. The van der Waals surface area contributed by atoms with Crippen molar-refractivity contribution in [1.29, 1.82) is 5.41 Å². The van der Waals surface area contributed by atoms with E-state index in [-0.39, 0.29) is 70.2 Å². The van der Waals surface area contributed by atoms with Gasteiger partial charge in [-0.25, -0.2) is 0 Å². The molecule has 6 nitrogen and oxygen atoms in total. The minimum Gasteiger partial charge on any atom is -0.507 e. The van der Waals surface area contributed by atoms with Crippen LogP contribution in [0.5, 0.6) is 5.75 Å². The minimum atomic E-state index is -0.504. The molecule has 2 atom stereocenters. The predicted octanol–water partition coefficient (Wildman–Crippen LogP) is 5.69. The molecule has 1 fully saturated rings. The number of Topliss-reactive ketones (excluding diaryl/α,β-unsaturated/α-hetero) is 1. The highest BCUT2D eigenvalue weighted by Crippen LogP contribution is 2.40. The monoisotopic (exact) mass is 558 g/mol. The third-order valence-corrected chi connectivity index (χ3v) is 6.78. The summed E-state index contributed by atoms with van der Waals surface area (Å²) in [5.41, 5.74) is 2.28. The molecule has 1 heterocycles. The van der Waals surface area contributed by atoms with Crippen molar-refractivity contribution in [3.63, 3.8) is 0 Å². The zero-order chi connectivity index (χ0) is 26.1. The van der Waals surface area contributed by atoms with Gasteiger partial charge in [0.25, 0.3) is 0 Å². The van der Waals surface area contributed by atoms with E-state index in [0.29, 0.717) is 12.0 Å². The van der Waals surface area contributed by atoms with E-state index in [9.17, 15) is 14.7 Å². The molecule has 1 saturated heterocycles. The van der Waals surface area contributed by atoms with Crippen LogP contribution in [-0.4, -0.2) is 47.8 Å². The summed E-state index contributed by atoms with van der Waals surface area (Å²) in [5, 5.41) is 19.8. The van der Waals surface area contributed by atoms with Crippen molar-refractivity contribution >= 4 is 34.6 Å². The van der Waals surface area contributed by atoms with E-state index in [0.717, 1.165) is 16.7 Å². The topological polar surface area (TPSA) is 90.7 Å². The minimum absolute atomic E-state index is 0. The van der Waals surface area contributed by atoms with Gasteiger partial charge in [0.15, 0.2) is 5.78 Å². The fraction of sp³-hybridized carbons (Fsp3) is 0.483. The van der Waals surface area contributed by atoms with Crippen LogP contribution in [-0.2, 0) is 26.8 Å². The molecule has 0 spiro atoms. The summed E-state index contributed by atoms with van der Waals surface area (Å²) in [6, 6.07) is 13.3. The zero-order valence-corrected chi connectivity index (χ0v) is 24.1. The highest BCUT2D eigenvalue weighted by Gasteiger charge is 2.43. The van der Waals surface area contributed by atoms with Crippen LogP contribution in [0.2, 0.25) is 0 Å². The average Bonchev–Trinajstić information content (AvgIpc) is 3.07. The maximum atomic E-state index is 13.5. The van der Waals surface area contributed by atoms with Gasteiger partial charge >= 0.3 is 5.97 Å². The number of nitrogens with zero attached hydrogens (tertiary/aromatic N) is 1.